The number of nitrogens with one attached hydrogen (secondary N) is 1. The normalized spacial score (nSPS) is 27.8. The van der Waals surface area contributed by atoms with Crippen LogP contribution in [0.15, 0.2) is 49.1 Å². The molecule has 2 aromatic heterocycles. The van der Waals surface area contributed by atoms with Gasteiger partial charge >= 0.3 is 0 Å². The largest absolute Gasteiger partial charge is 0.507 e. The summed E-state index contributed by atoms with van der Waals surface area (Å²) in [6.45, 7) is 2.21. The maximum Gasteiger partial charge on any atom is 0.151 e. The van der Waals surface area contributed by atoms with Gasteiger partial charge in [-0.15, -0.1) is 10.2 Å². The van der Waals surface area contributed by atoms with Crippen LogP contribution >= 0.6 is 0 Å². The number of fused-ring (bicyclic) bond motifs is 2. The third-order valence-electron chi connectivity index (χ3n) is 6.64. The van der Waals surface area contributed by atoms with E-state index in [9.17, 15) is 5.11 Å². The molecular weight excluding hydrogens is 395 g/mol. The fraction of sp³-hybridized carbons (Fsp3) is 0.435. The van der Waals surface area contributed by atoms with Crippen molar-refractivity contribution in [3.05, 3.63) is 49.1 Å². The van der Waals surface area contributed by atoms with Gasteiger partial charge < -0.3 is 19.9 Å². The van der Waals surface area contributed by atoms with Crippen molar-refractivity contribution in [3.8, 4) is 22.7 Å². The number of imidazole rings is 1. The monoisotopic (exact) mass is 422 g/mol. The molecule has 2 N–H and O–H groups in total. The minimum Gasteiger partial charge on any atom is -0.507 e. The van der Waals surface area contributed by atoms with Crippen LogP contribution in [-0.4, -0.2) is 56.2 Å². The highest BCUT2D eigenvalue weighted by Crippen LogP contribution is 2.35. The standard InChI is InChI=1S/C23H27FN6O/c1-14-9-15-11-20(23(24)19(10-14)26-15)29(2)22-6-5-18(27-28-22)17-4-3-16(12-21(17)31)30-8-7-25-13-30/h3-8,12-15,19-20,23,26,31H,9-11H2,1-2H3/t14-,15?,19?,20+,23+/m1/s1. The van der Waals surface area contributed by atoms with Crippen molar-refractivity contribution >= 4 is 5.82 Å². The summed E-state index contributed by atoms with van der Waals surface area (Å²) in [5, 5.41) is 22.6. The molecule has 0 spiro atoms. The zero-order valence-corrected chi connectivity index (χ0v) is 17.7. The minimum atomic E-state index is -0.940. The van der Waals surface area contributed by atoms with Gasteiger partial charge in [0.1, 0.15) is 11.9 Å². The number of aromatic hydroxyl groups is 1. The number of piperidine rings is 2. The lowest BCUT2D eigenvalue weighted by molar-refractivity contribution is 0.0851. The number of hydrogen-bond donors (Lipinski definition) is 2. The number of halogens is 1. The van der Waals surface area contributed by atoms with Gasteiger partial charge in [0.2, 0.25) is 0 Å². The molecule has 2 aliphatic rings. The molecule has 3 aromatic rings. The first-order chi connectivity index (χ1) is 15.0. The van der Waals surface area contributed by atoms with E-state index in [1.165, 1.54) is 0 Å². The van der Waals surface area contributed by atoms with Crippen molar-refractivity contribution in [2.24, 2.45) is 5.92 Å². The Morgan fingerprint density at radius 3 is 2.74 bits per heavy atom. The summed E-state index contributed by atoms with van der Waals surface area (Å²) in [6, 6.07) is 9.08. The molecule has 31 heavy (non-hydrogen) atoms. The summed E-state index contributed by atoms with van der Waals surface area (Å²) in [5.74, 6) is 1.32. The second-order valence-corrected chi connectivity index (χ2v) is 8.85. The zero-order chi connectivity index (χ0) is 21.5. The highest BCUT2D eigenvalue weighted by atomic mass is 19.1. The molecular formula is C23H27FN6O. The highest BCUT2D eigenvalue weighted by Gasteiger charge is 2.43. The molecule has 0 aliphatic carbocycles. The number of aromatic nitrogens is 4. The topological polar surface area (TPSA) is 79.1 Å². The molecule has 7 nitrogen and oxygen atoms in total. The van der Waals surface area contributed by atoms with Crippen LogP contribution in [-0.2, 0) is 0 Å². The average Bonchev–Trinajstić information content (AvgIpc) is 3.31. The lowest BCUT2D eigenvalue weighted by Gasteiger charge is -2.47. The summed E-state index contributed by atoms with van der Waals surface area (Å²) in [7, 11) is 1.89. The molecule has 5 rings (SSSR count). The summed E-state index contributed by atoms with van der Waals surface area (Å²) in [6.07, 6.45) is 6.96. The zero-order valence-electron chi connectivity index (χ0n) is 17.7. The van der Waals surface area contributed by atoms with Gasteiger partial charge in [0.05, 0.1) is 23.8 Å². The van der Waals surface area contributed by atoms with Crippen molar-refractivity contribution < 1.29 is 9.50 Å². The molecule has 2 bridgehead atoms. The smallest absolute Gasteiger partial charge is 0.151 e. The maximum absolute atomic E-state index is 15.2. The Morgan fingerprint density at radius 1 is 1.16 bits per heavy atom. The number of alkyl halides is 1. The van der Waals surface area contributed by atoms with E-state index in [1.807, 2.05) is 47.0 Å². The van der Waals surface area contributed by atoms with Crippen molar-refractivity contribution in [2.75, 3.05) is 11.9 Å². The van der Waals surface area contributed by atoms with Gasteiger partial charge in [-0.05, 0) is 49.4 Å². The molecule has 0 radical (unpaired) electrons. The fourth-order valence-electron chi connectivity index (χ4n) is 5.04. The van der Waals surface area contributed by atoms with Crippen LogP contribution in [0.4, 0.5) is 10.2 Å². The number of phenolic OH excluding ortho intramolecular Hbond substituents is 1. The second-order valence-electron chi connectivity index (χ2n) is 8.85. The summed E-state index contributed by atoms with van der Waals surface area (Å²) in [5.41, 5.74) is 1.97. The molecule has 0 amide bonds. The Balaban J connectivity index is 1.34. The lowest BCUT2D eigenvalue weighted by Crippen LogP contribution is -2.62. The SMILES string of the molecule is C[C@@H]1CC2C[C@H](N(C)c3ccc(-c4ccc(-n5ccnc5)cc4O)nn3)[C@@H](F)C(C1)N2. The molecule has 2 unspecified atom stereocenters. The quantitative estimate of drug-likeness (QED) is 0.671. The van der Waals surface area contributed by atoms with Crippen LogP contribution in [0.5, 0.6) is 5.75 Å². The summed E-state index contributed by atoms with van der Waals surface area (Å²) < 4.78 is 17.0. The van der Waals surface area contributed by atoms with E-state index in [4.69, 9.17) is 0 Å². The Labute approximate surface area is 180 Å². The number of phenols is 1. The van der Waals surface area contributed by atoms with Crippen LogP contribution in [0, 0.1) is 5.92 Å². The van der Waals surface area contributed by atoms with Crippen LogP contribution in [0.1, 0.15) is 26.2 Å². The molecule has 2 fully saturated rings. The third-order valence-corrected chi connectivity index (χ3v) is 6.64. The molecule has 8 heteroatoms. The van der Waals surface area contributed by atoms with Gasteiger partial charge in [0, 0.05) is 43.2 Å². The van der Waals surface area contributed by atoms with E-state index in [1.54, 1.807) is 18.6 Å². The van der Waals surface area contributed by atoms with Crippen LogP contribution in [0.3, 0.4) is 0 Å². The average molecular weight is 423 g/mol. The van der Waals surface area contributed by atoms with Gasteiger partial charge in [-0.25, -0.2) is 9.37 Å². The van der Waals surface area contributed by atoms with Crippen LogP contribution in [0.25, 0.3) is 16.9 Å². The molecule has 4 heterocycles. The lowest BCUT2D eigenvalue weighted by atomic mass is 9.77. The highest BCUT2D eigenvalue weighted by molar-refractivity contribution is 5.69. The molecule has 5 atom stereocenters. The number of benzene rings is 1. The van der Waals surface area contributed by atoms with Crippen LogP contribution < -0.4 is 10.2 Å². The second kappa shape index (κ2) is 7.92. The summed E-state index contributed by atoms with van der Waals surface area (Å²) >= 11 is 0. The van der Waals surface area contributed by atoms with E-state index < -0.39 is 6.17 Å². The first kappa shape index (κ1) is 19.9. The fourth-order valence-corrected chi connectivity index (χ4v) is 5.04. The van der Waals surface area contributed by atoms with Gasteiger partial charge in [0.25, 0.3) is 0 Å². The first-order valence-electron chi connectivity index (χ1n) is 10.8. The van der Waals surface area contributed by atoms with Crippen LogP contribution in [0.2, 0.25) is 0 Å². The predicted molar refractivity (Wildman–Crippen MR) is 117 cm³/mol. The van der Waals surface area contributed by atoms with E-state index >= 15 is 4.39 Å². The van der Waals surface area contributed by atoms with Gasteiger partial charge in [-0.1, -0.05) is 6.92 Å². The Hall–Kier alpha value is -3.00. The van der Waals surface area contributed by atoms with Gasteiger partial charge in [-0.2, -0.15) is 0 Å². The van der Waals surface area contributed by atoms with E-state index in [0.717, 1.165) is 24.9 Å². The molecule has 0 saturated carbocycles. The first-order valence-corrected chi connectivity index (χ1v) is 10.8. The van der Waals surface area contributed by atoms with Gasteiger partial charge in [-0.3, -0.25) is 0 Å². The van der Waals surface area contributed by atoms with E-state index in [-0.39, 0.29) is 17.8 Å². The van der Waals surface area contributed by atoms with Gasteiger partial charge in [0.15, 0.2) is 5.82 Å². The number of hydrogen-bond acceptors (Lipinski definition) is 6. The van der Waals surface area contributed by atoms with Crippen molar-refractivity contribution in [3.63, 3.8) is 0 Å². The van der Waals surface area contributed by atoms with E-state index in [0.29, 0.717) is 29.0 Å². The minimum absolute atomic E-state index is 0.0897. The number of anilines is 1. The number of nitrogens with zero attached hydrogens (tertiary/aromatic N) is 5. The Kier molecular flexibility index (Phi) is 5.09. The maximum atomic E-state index is 15.2. The summed E-state index contributed by atoms with van der Waals surface area (Å²) in [4.78, 5) is 5.94. The van der Waals surface area contributed by atoms with E-state index in [2.05, 4.69) is 27.4 Å². The molecule has 162 valence electrons. The number of rotatable bonds is 4. The Bertz CT molecular complexity index is 1040. The molecule has 2 aliphatic heterocycles. The van der Waals surface area contributed by atoms with Crippen molar-refractivity contribution in [1.82, 2.24) is 25.1 Å². The third kappa shape index (κ3) is 3.76. The molecule has 2 saturated heterocycles. The Morgan fingerprint density at radius 2 is 2.03 bits per heavy atom. The molecule has 1 aromatic carbocycles. The van der Waals surface area contributed by atoms with Crippen molar-refractivity contribution in [1.29, 1.82) is 0 Å². The van der Waals surface area contributed by atoms with Crippen molar-refractivity contribution in [2.45, 2.75) is 50.5 Å². The predicted octanol–water partition coefficient (Wildman–Crippen LogP) is 3.34.